The highest BCUT2D eigenvalue weighted by Crippen LogP contribution is 2.18. The van der Waals surface area contributed by atoms with Crippen molar-refractivity contribution in [3.8, 4) is 0 Å². The zero-order chi connectivity index (χ0) is 16.0. The maximum absolute atomic E-state index is 13.7. The maximum atomic E-state index is 13.7. The number of halogens is 1. The number of nitrogens with two attached hydrogens (primary N) is 1. The fraction of sp³-hybridized carbons (Fsp3) is 0.533. The summed E-state index contributed by atoms with van der Waals surface area (Å²) in [7, 11) is 1.62. The average molecular weight is 297 g/mol. The number of hydrogen-bond donors (Lipinski definition) is 2. The van der Waals surface area contributed by atoms with Crippen LogP contribution in [0.2, 0.25) is 0 Å². The normalized spacial score (nSPS) is 12.7. The van der Waals surface area contributed by atoms with Gasteiger partial charge in [-0.3, -0.25) is 9.69 Å². The van der Waals surface area contributed by atoms with Crippen LogP contribution in [0.5, 0.6) is 0 Å². The Bertz CT molecular complexity index is 480. The third-order valence-electron chi connectivity index (χ3n) is 3.34. The molecule has 0 saturated heterocycles. The summed E-state index contributed by atoms with van der Waals surface area (Å²) in [6.07, 6.45) is 0. The molecule has 1 aromatic rings. The van der Waals surface area contributed by atoms with Crippen LogP contribution >= 0.6 is 0 Å². The number of carbonyl (C=O) groups is 1. The molecule has 6 heteroatoms. The average Bonchev–Trinajstić information content (AvgIpc) is 2.42. The highest BCUT2D eigenvalue weighted by atomic mass is 19.1. The second-order valence-electron chi connectivity index (χ2n) is 5.23. The molecule has 1 amide bonds. The molecular weight excluding hydrogens is 273 g/mol. The van der Waals surface area contributed by atoms with Gasteiger partial charge in [0.25, 0.3) is 0 Å². The van der Waals surface area contributed by atoms with Gasteiger partial charge in [0.05, 0.1) is 18.3 Å². The number of anilines is 2. The number of nitrogen functional groups attached to an aromatic ring is 1. The van der Waals surface area contributed by atoms with Crippen molar-refractivity contribution in [3.05, 3.63) is 24.0 Å². The largest absolute Gasteiger partial charge is 0.399 e. The second kappa shape index (κ2) is 7.95. The van der Waals surface area contributed by atoms with Gasteiger partial charge in [-0.25, -0.2) is 4.39 Å². The summed E-state index contributed by atoms with van der Waals surface area (Å²) in [4.78, 5) is 14.3. The van der Waals surface area contributed by atoms with Gasteiger partial charge in [0.15, 0.2) is 0 Å². The van der Waals surface area contributed by atoms with E-state index in [0.29, 0.717) is 18.8 Å². The Morgan fingerprint density at radius 2 is 2.10 bits per heavy atom. The van der Waals surface area contributed by atoms with E-state index in [1.165, 1.54) is 18.2 Å². The van der Waals surface area contributed by atoms with Crippen LogP contribution in [-0.2, 0) is 9.53 Å². The molecule has 0 aliphatic carbocycles. The highest BCUT2D eigenvalue weighted by Gasteiger charge is 2.24. The lowest BCUT2D eigenvalue weighted by Crippen LogP contribution is -2.47. The summed E-state index contributed by atoms with van der Waals surface area (Å²) in [5.74, 6) is -0.776. The third kappa shape index (κ3) is 4.99. The lowest BCUT2D eigenvalue weighted by atomic mass is 10.2. The van der Waals surface area contributed by atoms with Crippen molar-refractivity contribution in [1.29, 1.82) is 0 Å². The van der Waals surface area contributed by atoms with E-state index < -0.39 is 11.9 Å². The van der Waals surface area contributed by atoms with Crippen molar-refractivity contribution >= 4 is 17.3 Å². The first kappa shape index (κ1) is 17.4. The van der Waals surface area contributed by atoms with Crippen LogP contribution in [0.1, 0.15) is 20.8 Å². The minimum absolute atomic E-state index is 0.0993. The van der Waals surface area contributed by atoms with E-state index in [4.69, 9.17) is 10.5 Å². The lowest BCUT2D eigenvalue weighted by molar-refractivity contribution is -0.121. The Kier molecular flexibility index (Phi) is 6.58. The fourth-order valence-corrected chi connectivity index (χ4v) is 2.12. The van der Waals surface area contributed by atoms with Gasteiger partial charge in [-0.15, -0.1) is 0 Å². The van der Waals surface area contributed by atoms with E-state index in [-0.39, 0.29) is 17.6 Å². The quantitative estimate of drug-likeness (QED) is 0.756. The number of nitrogens with one attached hydrogen (secondary N) is 1. The molecule has 1 rings (SSSR count). The highest BCUT2D eigenvalue weighted by molar-refractivity contribution is 5.95. The second-order valence-corrected chi connectivity index (χ2v) is 5.23. The number of methoxy groups -OCH3 is 1. The van der Waals surface area contributed by atoms with Gasteiger partial charge in [0.2, 0.25) is 5.91 Å². The topological polar surface area (TPSA) is 67.6 Å². The third-order valence-corrected chi connectivity index (χ3v) is 3.34. The number of rotatable bonds is 7. The molecule has 3 N–H and O–H groups in total. The number of benzene rings is 1. The predicted molar refractivity (Wildman–Crippen MR) is 82.6 cm³/mol. The van der Waals surface area contributed by atoms with Gasteiger partial charge in [-0.05, 0) is 39.0 Å². The van der Waals surface area contributed by atoms with E-state index in [1.807, 2.05) is 18.7 Å². The molecular formula is C15H24FN3O2. The molecule has 0 aromatic heterocycles. The summed E-state index contributed by atoms with van der Waals surface area (Å²) in [5, 5.41) is 2.59. The van der Waals surface area contributed by atoms with E-state index in [1.54, 1.807) is 14.0 Å². The SMILES string of the molecule is COCCN(C(C)C)C(C)C(=O)Nc1cc(N)ccc1F. The van der Waals surface area contributed by atoms with Crippen LogP contribution in [-0.4, -0.2) is 43.2 Å². The number of nitrogens with zero attached hydrogens (tertiary/aromatic N) is 1. The van der Waals surface area contributed by atoms with Gasteiger partial charge < -0.3 is 15.8 Å². The number of amides is 1. The van der Waals surface area contributed by atoms with Crippen LogP contribution in [0.25, 0.3) is 0 Å². The van der Waals surface area contributed by atoms with Crippen LogP contribution in [0.3, 0.4) is 0 Å². The van der Waals surface area contributed by atoms with Gasteiger partial charge in [0, 0.05) is 25.4 Å². The Labute approximate surface area is 125 Å². The Hall–Kier alpha value is -1.66. The minimum Gasteiger partial charge on any atom is -0.399 e. The standard InChI is InChI=1S/C15H24FN3O2/c1-10(2)19(7-8-21-4)11(3)15(20)18-14-9-12(17)5-6-13(14)16/h5-6,9-11H,7-8,17H2,1-4H3,(H,18,20). The van der Waals surface area contributed by atoms with Crippen molar-refractivity contribution in [2.24, 2.45) is 0 Å². The Balaban J connectivity index is 2.78. The van der Waals surface area contributed by atoms with Crippen molar-refractivity contribution in [2.45, 2.75) is 32.9 Å². The summed E-state index contributed by atoms with van der Waals surface area (Å²) in [6.45, 7) is 6.95. The van der Waals surface area contributed by atoms with Crippen molar-refractivity contribution < 1.29 is 13.9 Å². The maximum Gasteiger partial charge on any atom is 0.241 e. The monoisotopic (exact) mass is 297 g/mol. The molecule has 0 radical (unpaired) electrons. The fourth-order valence-electron chi connectivity index (χ4n) is 2.12. The summed E-state index contributed by atoms with van der Waals surface area (Å²) >= 11 is 0. The molecule has 0 heterocycles. The van der Waals surface area contributed by atoms with Gasteiger partial charge >= 0.3 is 0 Å². The van der Waals surface area contributed by atoms with Gasteiger partial charge in [-0.1, -0.05) is 0 Å². The smallest absolute Gasteiger partial charge is 0.241 e. The first-order valence-corrected chi connectivity index (χ1v) is 6.97. The van der Waals surface area contributed by atoms with Crippen LogP contribution in [0, 0.1) is 5.82 Å². The van der Waals surface area contributed by atoms with Crippen LogP contribution in [0.4, 0.5) is 15.8 Å². The molecule has 0 saturated carbocycles. The summed E-state index contributed by atoms with van der Waals surface area (Å²) in [6, 6.07) is 3.87. The van der Waals surface area contributed by atoms with E-state index in [2.05, 4.69) is 5.32 Å². The summed E-state index contributed by atoms with van der Waals surface area (Å²) in [5.41, 5.74) is 6.11. The molecule has 1 aromatic carbocycles. The lowest BCUT2D eigenvalue weighted by Gasteiger charge is -2.31. The molecule has 0 spiro atoms. The van der Waals surface area contributed by atoms with E-state index >= 15 is 0 Å². The van der Waals surface area contributed by atoms with Gasteiger partial charge in [-0.2, -0.15) is 0 Å². The first-order valence-electron chi connectivity index (χ1n) is 6.97. The van der Waals surface area contributed by atoms with Crippen molar-refractivity contribution in [2.75, 3.05) is 31.3 Å². The van der Waals surface area contributed by atoms with Crippen LogP contribution < -0.4 is 11.1 Å². The number of carbonyl (C=O) groups excluding carboxylic acids is 1. The molecule has 21 heavy (non-hydrogen) atoms. The van der Waals surface area contributed by atoms with Crippen LogP contribution in [0.15, 0.2) is 18.2 Å². The molecule has 1 atom stereocenters. The molecule has 5 nitrogen and oxygen atoms in total. The first-order chi connectivity index (χ1) is 9.86. The molecule has 0 aliphatic rings. The summed E-state index contributed by atoms with van der Waals surface area (Å²) < 4.78 is 18.7. The molecule has 0 aliphatic heterocycles. The van der Waals surface area contributed by atoms with Crippen molar-refractivity contribution in [1.82, 2.24) is 4.90 Å². The molecule has 0 fully saturated rings. The molecule has 118 valence electrons. The zero-order valence-electron chi connectivity index (χ0n) is 13.0. The Morgan fingerprint density at radius 3 is 2.67 bits per heavy atom. The molecule has 0 bridgehead atoms. The zero-order valence-corrected chi connectivity index (χ0v) is 13.0. The number of hydrogen-bond acceptors (Lipinski definition) is 4. The van der Waals surface area contributed by atoms with E-state index in [9.17, 15) is 9.18 Å². The van der Waals surface area contributed by atoms with Crippen molar-refractivity contribution in [3.63, 3.8) is 0 Å². The van der Waals surface area contributed by atoms with E-state index in [0.717, 1.165) is 0 Å². The van der Waals surface area contributed by atoms with Gasteiger partial charge in [0.1, 0.15) is 5.82 Å². The minimum atomic E-state index is -0.502. The number of ether oxygens (including phenoxy) is 1. The Morgan fingerprint density at radius 1 is 1.43 bits per heavy atom. The molecule has 1 unspecified atom stereocenters. The predicted octanol–water partition coefficient (Wildman–Crippen LogP) is 2.09.